The van der Waals surface area contributed by atoms with E-state index in [1.807, 2.05) is 27.7 Å². The Morgan fingerprint density at radius 1 is 1.29 bits per heavy atom. The zero-order valence-electron chi connectivity index (χ0n) is 12.6. The minimum atomic E-state index is -3.73. The van der Waals surface area contributed by atoms with Crippen molar-refractivity contribution in [3.63, 3.8) is 0 Å². The van der Waals surface area contributed by atoms with E-state index in [0.717, 1.165) is 5.56 Å². The molecule has 1 heterocycles. The first-order valence-electron chi connectivity index (χ1n) is 6.89. The molecule has 21 heavy (non-hydrogen) atoms. The van der Waals surface area contributed by atoms with Crippen LogP contribution in [-0.4, -0.2) is 30.7 Å². The van der Waals surface area contributed by atoms with Gasteiger partial charge in [0, 0.05) is 6.16 Å². The number of nitrogens with zero attached hydrogens (tertiary/aromatic N) is 1. The molecule has 5 nitrogen and oxygen atoms in total. The van der Waals surface area contributed by atoms with E-state index < -0.39 is 30.3 Å². The summed E-state index contributed by atoms with van der Waals surface area (Å²) in [4.78, 5) is 12.2. The van der Waals surface area contributed by atoms with Crippen LogP contribution in [0.4, 0.5) is 0 Å². The second-order valence-electron chi connectivity index (χ2n) is 5.36. The molecule has 7 heteroatoms. The van der Waals surface area contributed by atoms with Gasteiger partial charge in [-0.1, -0.05) is 38.5 Å². The van der Waals surface area contributed by atoms with Crippen LogP contribution >= 0.6 is 8.30 Å². The average Bonchev–Trinajstić information content (AvgIpc) is 2.76. The number of hydrogen-bond donors (Lipinski definition) is 0. The molecule has 0 N–H and O–H groups in total. The second-order valence-corrected chi connectivity index (χ2v) is 9.39. The molecule has 1 saturated heterocycles. The van der Waals surface area contributed by atoms with Gasteiger partial charge >= 0.3 is 5.97 Å². The first-order chi connectivity index (χ1) is 9.78. The Morgan fingerprint density at radius 2 is 1.86 bits per heavy atom. The Morgan fingerprint density at radius 3 is 2.33 bits per heavy atom. The van der Waals surface area contributed by atoms with Crippen LogP contribution in [0.15, 0.2) is 29.2 Å². The van der Waals surface area contributed by atoms with Crippen LogP contribution in [-0.2, 0) is 19.3 Å². The molecule has 1 aliphatic rings. The van der Waals surface area contributed by atoms with Gasteiger partial charge in [0.05, 0.1) is 4.90 Å². The van der Waals surface area contributed by atoms with Gasteiger partial charge in [0.2, 0.25) is 10.0 Å². The molecule has 0 amide bonds. The molecule has 2 rings (SSSR count). The highest BCUT2D eigenvalue weighted by Gasteiger charge is 2.50. The van der Waals surface area contributed by atoms with E-state index in [0.29, 0.717) is 6.16 Å². The van der Waals surface area contributed by atoms with Crippen molar-refractivity contribution in [1.82, 2.24) is 4.08 Å². The Balaban J connectivity index is 2.49. The van der Waals surface area contributed by atoms with E-state index in [2.05, 4.69) is 0 Å². The van der Waals surface area contributed by atoms with Crippen LogP contribution in [0.5, 0.6) is 0 Å². The van der Waals surface area contributed by atoms with Crippen LogP contribution in [0, 0.1) is 12.8 Å². The summed E-state index contributed by atoms with van der Waals surface area (Å²) < 4.78 is 32.4. The molecule has 0 aromatic heterocycles. The molecule has 1 aromatic rings. The first-order valence-corrected chi connectivity index (χ1v) is 9.73. The van der Waals surface area contributed by atoms with Crippen molar-refractivity contribution in [2.75, 3.05) is 6.16 Å². The van der Waals surface area contributed by atoms with Crippen LogP contribution in [0.25, 0.3) is 0 Å². The predicted octanol–water partition coefficient (Wildman–Crippen LogP) is 2.90. The van der Waals surface area contributed by atoms with Crippen LogP contribution < -0.4 is 0 Å². The third kappa shape index (κ3) is 2.98. The summed E-state index contributed by atoms with van der Waals surface area (Å²) in [5.41, 5.74) is 0.987. The molecule has 1 fully saturated rings. The lowest BCUT2D eigenvalue weighted by Gasteiger charge is -2.25. The normalized spacial score (nSPS) is 23.6. The Hall–Kier alpha value is -0.970. The highest BCUT2D eigenvalue weighted by atomic mass is 32.2. The lowest BCUT2D eigenvalue weighted by molar-refractivity contribution is -0.135. The molecule has 1 aliphatic heterocycles. The third-order valence-electron chi connectivity index (χ3n) is 3.36. The van der Waals surface area contributed by atoms with Gasteiger partial charge in [0.1, 0.15) is 6.04 Å². The maximum absolute atomic E-state index is 12.9. The molecule has 0 radical (unpaired) electrons. The number of rotatable bonds is 4. The smallest absolute Gasteiger partial charge is 0.329 e. The molecule has 0 saturated carbocycles. The van der Waals surface area contributed by atoms with E-state index in [4.69, 9.17) is 4.52 Å². The molecule has 116 valence electrons. The SMILES string of the molecule is CCP1OC(=O)[C@H](C(C)C)N1S(=O)(=O)c1ccc(C)cc1. The molecule has 0 bridgehead atoms. The maximum Gasteiger partial charge on any atom is 0.329 e. The van der Waals surface area contributed by atoms with E-state index in [9.17, 15) is 13.2 Å². The van der Waals surface area contributed by atoms with Crippen molar-refractivity contribution in [3.05, 3.63) is 29.8 Å². The second kappa shape index (κ2) is 6.03. The monoisotopic (exact) mass is 329 g/mol. The fourth-order valence-electron chi connectivity index (χ4n) is 2.25. The van der Waals surface area contributed by atoms with Gasteiger partial charge in [-0.15, -0.1) is 4.08 Å². The van der Waals surface area contributed by atoms with Gasteiger partial charge in [0.15, 0.2) is 8.30 Å². The molecule has 1 aromatic carbocycles. The van der Waals surface area contributed by atoms with Gasteiger partial charge in [-0.25, -0.2) is 8.42 Å². The Kier molecular flexibility index (Phi) is 4.71. The van der Waals surface area contributed by atoms with E-state index in [1.54, 1.807) is 24.3 Å². The van der Waals surface area contributed by atoms with Gasteiger partial charge in [0.25, 0.3) is 0 Å². The van der Waals surface area contributed by atoms with Gasteiger partial charge in [-0.05, 0) is 25.0 Å². The van der Waals surface area contributed by atoms with Crippen molar-refractivity contribution < 1.29 is 17.7 Å². The summed E-state index contributed by atoms with van der Waals surface area (Å²) >= 11 is 0. The minimum Gasteiger partial charge on any atom is -0.426 e. The fraction of sp³-hybridized carbons (Fsp3) is 0.500. The van der Waals surface area contributed by atoms with Crippen LogP contribution in [0.3, 0.4) is 0 Å². The lowest BCUT2D eigenvalue weighted by atomic mass is 10.1. The summed E-state index contributed by atoms with van der Waals surface area (Å²) in [5.74, 6) is -0.564. The molecule has 0 aliphatic carbocycles. The first kappa shape index (κ1) is 16.4. The van der Waals surface area contributed by atoms with Crippen molar-refractivity contribution >= 4 is 24.3 Å². The summed E-state index contributed by atoms with van der Waals surface area (Å²) in [5, 5.41) is 0. The summed E-state index contributed by atoms with van der Waals surface area (Å²) in [6.45, 7) is 7.39. The molecule has 1 unspecified atom stereocenters. The number of benzene rings is 1. The highest BCUT2D eigenvalue weighted by molar-refractivity contribution is 7.94. The average molecular weight is 329 g/mol. The van der Waals surface area contributed by atoms with E-state index in [-0.39, 0.29) is 10.8 Å². The number of aryl methyl sites for hydroxylation is 1. The highest BCUT2D eigenvalue weighted by Crippen LogP contribution is 2.53. The van der Waals surface area contributed by atoms with Crippen molar-refractivity contribution in [2.24, 2.45) is 5.92 Å². The maximum atomic E-state index is 12.9. The number of carbonyl (C=O) groups excluding carboxylic acids is 1. The zero-order chi connectivity index (χ0) is 15.8. The van der Waals surface area contributed by atoms with Gasteiger partial charge < -0.3 is 4.52 Å². The number of hydrogen-bond acceptors (Lipinski definition) is 4. The van der Waals surface area contributed by atoms with Crippen molar-refractivity contribution in [2.45, 2.75) is 38.6 Å². The van der Waals surface area contributed by atoms with Crippen LogP contribution in [0.2, 0.25) is 0 Å². The fourth-order valence-corrected chi connectivity index (χ4v) is 6.70. The third-order valence-corrected chi connectivity index (χ3v) is 7.76. The Bertz CT molecular complexity index is 627. The van der Waals surface area contributed by atoms with E-state index in [1.165, 1.54) is 4.08 Å². The Labute approximate surface area is 127 Å². The molecule has 0 spiro atoms. The molecular formula is C14H20NO4PS. The number of carbonyl (C=O) groups is 1. The topological polar surface area (TPSA) is 63.7 Å². The summed E-state index contributed by atoms with van der Waals surface area (Å²) in [7, 11) is -5.17. The van der Waals surface area contributed by atoms with Crippen LogP contribution in [0.1, 0.15) is 26.3 Å². The van der Waals surface area contributed by atoms with Gasteiger partial charge in [-0.2, -0.15) is 0 Å². The van der Waals surface area contributed by atoms with Gasteiger partial charge in [-0.3, -0.25) is 4.79 Å². The van der Waals surface area contributed by atoms with Crippen molar-refractivity contribution in [3.8, 4) is 0 Å². The molecular weight excluding hydrogens is 309 g/mol. The molecule has 2 atom stereocenters. The van der Waals surface area contributed by atoms with E-state index >= 15 is 0 Å². The minimum absolute atomic E-state index is 0.128. The zero-order valence-corrected chi connectivity index (χ0v) is 14.3. The largest absolute Gasteiger partial charge is 0.426 e. The predicted molar refractivity (Wildman–Crippen MR) is 82.4 cm³/mol. The standard InChI is InChI=1S/C14H20NO4PS/c1-5-20-15(13(10(2)3)14(16)19-20)21(17,18)12-8-6-11(4)7-9-12/h6-10,13H,5H2,1-4H3/t13-,20?/m0/s1. The number of sulfonamides is 1. The lowest BCUT2D eigenvalue weighted by Crippen LogP contribution is -2.39. The summed E-state index contributed by atoms with van der Waals surface area (Å²) in [6, 6.07) is 5.93. The van der Waals surface area contributed by atoms with Crippen molar-refractivity contribution in [1.29, 1.82) is 0 Å². The summed E-state index contributed by atoms with van der Waals surface area (Å²) in [6.07, 6.45) is 0.495. The quantitative estimate of drug-likeness (QED) is 0.797.